The van der Waals surface area contributed by atoms with Gasteiger partial charge in [-0.05, 0) is 32.0 Å². The second-order valence-corrected chi connectivity index (χ2v) is 6.23. The number of nitriles is 1. The van der Waals surface area contributed by atoms with Gasteiger partial charge in [0, 0.05) is 12.1 Å². The van der Waals surface area contributed by atoms with Crippen LogP contribution in [-0.2, 0) is 6.54 Å². The molecular formula is C16H17N3O2S. The predicted octanol–water partition coefficient (Wildman–Crippen LogP) is 3.35. The number of fused-ring (bicyclic) bond motifs is 1. The van der Waals surface area contributed by atoms with Crippen molar-refractivity contribution in [1.29, 1.82) is 5.26 Å². The van der Waals surface area contributed by atoms with Crippen LogP contribution in [0.25, 0.3) is 11.3 Å². The molecule has 5 nitrogen and oxygen atoms in total. The second-order valence-electron chi connectivity index (χ2n) is 4.92. The Morgan fingerprint density at radius 1 is 1.36 bits per heavy atom. The Kier molecular flexibility index (Phi) is 4.25. The molecule has 1 aliphatic heterocycles. The molecule has 22 heavy (non-hydrogen) atoms. The standard InChI is InChI=1S/C16H17N3O2S/c1-3-19-13(10-18-16(19)22-11(2)9-17)12-4-5-14-15(8-12)21-7-6-20-14/h4-5,8,10-11H,3,6-7H2,1-2H3. The van der Waals surface area contributed by atoms with Crippen molar-refractivity contribution < 1.29 is 9.47 Å². The average molecular weight is 315 g/mol. The summed E-state index contributed by atoms with van der Waals surface area (Å²) >= 11 is 1.47. The Morgan fingerprint density at radius 2 is 2.14 bits per heavy atom. The highest BCUT2D eigenvalue weighted by molar-refractivity contribution is 8.00. The van der Waals surface area contributed by atoms with Crippen molar-refractivity contribution in [3.05, 3.63) is 24.4 Å². The minimum absolute atomic E-state index is 0.124. The number of rotatable bonds is 4. The normalized spacial score (nSPS) is 14.4. The topological polar surface area (TPSA) is 60.1 Å². The third kappa shape index (κ3) is 2.77. The molecule has 1 aromatic heterocycles. The zero-order chi connectivity index (χ0) is 15.5. The number of hydrogen-bond donors (Lipinski definition) is 0. The van der Waals surface area contributed by atoms with Gasteiger partial charge in [0.1, 0.15) is 13.2 Å². The maximum atomic E-state index is 8.98. The van der Waals surface area contributed by atoms with Crippen LogP contribution >= 0.6 is 11.8 Å². The quantitative estimate of drug-likeness (QED) is 0.810. The SMILES string of the molecule is CCn1c(-c2ccc3c(c2)OCCO3)cnc1SC(C)C#N. The van der Waals surface area contributed by atoms with Crippen LogP contribution in [-0.4, -0.2) is 28.0 Å². The molecule has 114 valence electrons. The molecule has 2 heterocycles. The first-order chi connectivity index (χ1) is 10.7. The number of imidazole rings is 1. The lowest BCUT2D eigenvalue weighted by atomic mass is 10.1. The highest BCUT2D eigenvalue weighted by Crippen LogP contribution is 2.36. The molecule has 0 radical (unpaired) electrons. The minimum Gasteiger partial charge on any atom is -0.486 e. The number of aromatic nitrogens is 2. The molecular weight excluding hydrogens is 298 g/mol. The average Bonchev–Trinajstić information content (AvgIpc) is 2.96. The van der Waals surface area contributed by atoms with Crippen LogP contribution in [0.1, 0.15) is 13.8 Å². The van der Waals surface area contributed by atoms with Crippen molar-refractivity contribution in [2.45, 2.75) is 30.8 Å². The van der Waals surface area contributed by atoms with E-state index in [1.807, 2.05) is 31.3 Å². The summed E-state index contributed by atoms with van der Waals surface area (Å²) in [7, 11) is 0. The van der Waals surface area contributed by atoms with Gasteiger partial charge in [0.25, 0.3) is 0 Å². The van der Waals surface area contributed by atoms with E-state index in [4.69, 9.17) is 14.7 Å². The van der Waals surface area contributed by atoms with Crippen LogP contribution < -0.4 is 9.47 Å². The Labute approximate surface area is 133 Å². The molecule has 0 bridgehead atoms. The zero-order valence-electron chi connectivity index (χ0n) is 12.6. The van der Waals surface area contributed by atoms with Crippen LogP contribution in [0.2, 0.25) is 0 Å². The molecule has 1 aromatic carbocycles. The van der Waals surface area contributed by atoms with Crippen LogP contribution in [0.3, 0.4) is 0 Å². The maximum Gasteiger partial charge on any atom is 0.169 e. The first-order valence-electron chi connectivity index (χ1n) is 7.24. The van der Waals surface area contributed by atoms with Crippen molar-refractivity contribution in [2.24, 2.45) is 0 Å². The summed E-state index contributed by atoms with van der Waals surface area (Å²) in [5.74, 6) is 1.55. The Bertz CT molecular complexity index is 721. The van der Waals surface area contributed by atoms with Crippen molar-refractivity contribution in [1.82, 2.24) is 9.55 Å². The molecule has 0 spiro atoms. The summed E-state index contributed by atoms with van der Waals surface area (Å²) in [6.45, 7) is 5.91. The van der Waals surface area contributed by atoms with E-state index in [0.717, 1.165) is 34.5 Å². The van der Waals surface area contributed by atoms with Gasteiger partial charge >= 0.3 is 0 Å². The summed E-state index contributed by atoms with van der Waals surface area (Å²) in [4.78, 5) is 4.47. The fraction of sp³-hybridized carbons (Fsp3) is 0.375. The lowest BCUT2D eigenvalue weighted by Gasteiger charge is -2.19. The highest BCUT2D eigenvalue weighted by atomic mass is 32.2. The van der Waals surface area contributed by atoms with Crippen LogP contribution in [0.15, 0.2) is 29.6 Å². The fourth-order valence-electron chi connectivity index (χ4n) is 2.38. The number of ether oxygens (including phenoxy) is 2. The van der Waals surface area contributed by atoms with Crippen LogP contribution in [0.5, 0.6) is 11.5 Å². The van der Waals surface area contributed by atoms with E-state index in [-0.39, 0.29) is 5.25 Å². The summed E-state index contributed by atoms with van der Waals surface area (Å²) < 4.78 is 13.3. The fourth-order valence-corrected chi connectivity index (χ4v) is 3.21. The molecule has 0 aliphatic carbocycles. The molecule has 1 unspecified atom stereocenters. The molecule has 0 saturated heterocycles. The largest absolute Gasteiger partial charge is 0.486 e. The lowest BCUT2D eigenvalue weighted by Crippen LogP contribution is -2.15. The summed E-state index contributed by atoms with van der Waals surface area (Å²) in [6, 6.07) is 8.16. The molecule has 1 atom stereocenters. The Hall–Kier alpha value is -2.13. The Balaban J connectivity index is 1.96. The van der Waals surface area contributed by atoms with Crippen molar-refractivity contribution >= 4 is 11.8 Å². The van der Waals surface area contributed by atoms with E-state index in [9.17, 15) is 0 Å². The van der Waals surface area contributed by atoms with Gasteiger partial charge in [-0.3, -0.25) is 0 Å². The first-order valence-corrected chi connectivity index (χ1v) is 8.12. The van der Waals surface area contributed by atoms with E-state index in [0.29, 0.717) is 13.2 Å². The third-order valence-electron chi connectivity index (χ3n) is 3.44. The van der Waals surface area contributed by atoms with E-state index in [1.165, 1.54) is 11.8 Å². The van der Waals surface area contributed by atoms with Gasteiger partial charge in [0.15, 0.2) is 16.7 Å². The molecule has 0 fully saturated rings. The van der Waals surface area contributed by atoms with Gasteiger partial charge < -0.3 is 14.0 Å². The third-order valence-corrected chi connectivity index (χ3v) is 4.43. The molecule has 0 amide bonds. The van der Waals surface area contributed by atoms with Crippen LogP contribution in [0.4, 0.5) is 0 Å². The molecule has 2 aromatic rings. The van der Waals surface area contributed by atoms with Crippen LogP contribution in [0, 0.1) is 11.3 Å². The van der Waals surface area contributed by atoms with E-state index >= 15 is 0 Å². The van der Waals surface area contributed by atoms with Gasteiger partial charge in [-0.25, -0.2) is 4.98 Å². The summed E-state index contributed by atoms with van der Waals surface area (Å²) in [5, 5.41) is 9.72. The predicted molar refractivity (Wildman–Crippen MR) is 85.3 cm³/mol. The van der Waals surface area contributed by atoms with Gasteiger partial charge in [-0.2, -0.15) is 5.26 Å². The van der Waals surface area contributed by atoms with E-state index in [1.54, 1.807) is 0 Å². The number of benzene rings is 1. The number of nitrogens with zero attached hydrogens (tertiary/aromatic N) is 3. The van der Waals surface area contributed by atoms with E-state index < -0.39 is 0 Å². The molecule has 0 saturated carbocycles. The first kappa shape index (κ1) is 14.8. The molecule has 0 N–H and O–H groups in total. The number of hydrogen-bond acceptors (Lipinski definition) is 5. The van der Waals surface area contributed by atoms with Gasteiger partial charge in [0.05, 0.1) is 23.2 Å². The van der Waals surface area contributed by atoms with Crippen molar-refractivity contribution in [3.8, 4) is 28.8 Å². The molecule has 3 rings (SSSR count). The van der Waals surface area contributed by atoms with Crippen molar-refractivity contribution in [2.75, 3.05) is 13.2 Å². The highest BCUT2D eigenvalue weighted by Gasteiger charge is 2.17. The van der Waals surface area contributed by atoms with E-state index in [2.05, 4.69) is 22.5 Å². The molecule has 6 heteroatoms. The van der Waals surface area contributed by atoms with Gasteiger partial charge in [-0.1, -0.05) is 11.8 Å². The van der Waals surface area contributed by atoms with Gasteiger partial charge in [0.2, 0.25) is 0 Å². The summed E-state index contributed by atoms with van der Waals surface area (Å²) in [6.07, 6.45) is 1.85. The number of thioether (sulfide) groups is 1. The lowest BCUT2D eigenvalue weighted by molar-refractivity contribution is 0.171. The van der Waals surface area contributed by atoms with Gasteiger partial charge in [-0.15, -0.1) is 0 Å². The summed E-state index contributed by atoms with van der Waals surface area (Å²) in [5.41, 5.74) is 2.06. The van der Waals surface area contributed by atoms with Crippen molar-refractivity contribution in [3.63, 3.8) is 0 Å². The monoisotopic (exact) mass is 315 g/mol. The zero-order valence-corrected chi connectivity index (χ0v) is 13.4. The molecule has 1 aliphatic rings. The maximum absolute atomic E-state index is 8.98. The minimum atomic E-state index is -0.124. The Morgan fingerprint density at radius 3 is 2.86 bits per heavy atom. The smallest absolute Gasteiger partial charge is 0.169 e. The second kappa shape index (κ2) is 6.32.